The van der Waals surface area contributed by atoms with Gasteiger partial charge in [0.2, 0.25) is 0 Å². The molecule has 0 heterocycles. The molecule has 88 valence electrons. The van der Waals surface area contributed by atoms with Crippen LogP contribution < -0.4 is 10.1 Å². The summed E-state index contributed by atoms with van der Waals surface area (Å²) in [5, 5.41) is 3.23. The molecule has 1 aromatic rings. The SMILES string of the molecule is CNC(C)c1ccc(OCCC2CC2)cc1. The van der Waals surface area contributed by atoms with Crippen LogP contribution in [0, 0.1) is 5.92 Å². The molecule has 0 saturated heterocycles. The fraction of sp³-hybridized carbons (Fsp3) is 0.571. The first-order valence-electron chi connectivity index (χ1n) is 6.19. The molecule has 2 rings (SSSR count). The third-order valence-electron chi connectivity index (χ3n) is 3.30. The van der Waals surface area contributed by atoms with E-state index in [4.69, 9.17) is 4.74 Å². The topological polar surface area (TPSA) is 21.3 Å². The van der Waals surface area contributed by atoms with Crippen molar-refractivity contribution in [2.45, 2.75) is 32.2 Å². The molecule has 1 fully saturated rings. The Bertz CT molecular complexity index is 316. The maximum absolute atomic E-state index is 5.70. The van der Waals surface area contributed by atoms with Gasteiger partial charge in [0.15, 0.2) is 0 Å². The number of benzene rings is 1. The normalized spacial score (nSPS) is 17.1. The van der Waals surface area contributed by atoms with Crippen LogP contribution in [0.3, 0.4) is 0 Å². The zero-order chi connectivity index (χ0) is 11.4. The van der Waals surface area contributed by atoms with Crippen LogP contribution in [0.25, 0.3) is 0 Å². The first kappa shape index (κ1) is 11.5. The molecule has 2 heteroatoms. The molecule has 1 atom stereocenters. The van der Waals surface area contributed by atoms with E-state index >= 15 is 0 Å². The predicted molar refractivity (Wildman–Crippen MR) is 66.8 cm³/mol. The molecule has 1 N–H and O–H groups in total. The highest BCUT2D eigenvalue weighted by Crippen LogP contribution is 2.32. The van der Waals surface area contributed by atoms with Crippen molar-refractivity contribution in [1.82, 2.24) is 5.32 Å². The summed E-state index contributed by atoms with van der Waals surface area (Å²) < 4.78 is 5.70. The monoisotopic (exact) mass is 219 g/mol. The minimum absolute atomic E-state index is 0.403. The van der Waals surface area contributed by atoms with Crippen molar-refractivity contribution in [2.24, 2.45) is 5.92 Å². The summed E-state index contributed by atoms with van der Waals surface area (Å²) in [4.78, 5) is 0. The van der Waals surface area contributed by atoms with Gasteiger partial charge in [-0.25, -0.2) is 0 Å². The molecule has 0 aliphatic heterocycles. The highest BCUT2D eigenvalue weighted by atomic mass is 16.5. The second-order valence-electron chi connectivity index (χ2n) is 4.66. The molecule has 0 bridgehead atoms. The highest BCUT2D eigenvalue weighted by molar-refractivity contribution is 5.28. The van der Waals surface area contributed by atoms with Crippen LogP contribution in [0.1, 0.15) is 37.8 Å². The van der Waals surface area contributed by atoms with Crippen LogP contribution in [-0.2, 0) is 0 Å². The van der Waals surface area contributed by atoms with Crippen LogP contribution in [0.2, 0.25) is 0 Å². The fourth-order valence-electron chi connectivity index (χ4n) is 1.77. The van der Waals surface area contributed by atoms with Gasteiger partial charge in [-0.2, -0.15) is 0 Å². The molecule has 0 radical (unpaired) electrons. The second-order valence-corrected chi connectivity index (χ2v) is 4.66. The maximum atomic E-state index is 5.70. The van der Waals surface area contributed by atoms with Crippen LogP contribution in [0.15, 0.2) is 24.3 Å². The first-order valence-corrected chi connectivity index (χ1v) is 6.19. The summed E-state index contributed by atoms with van der Waals surface area (Å²) in [6.45, 7) is 3.02. The van der Waals surface area contributed by atoms with Crippen LogP contribution in [0.5, 0.6) is 5.75 Å². The zero-order valence-corrected chi connectivity index (χ0v) is 10.2. The summed E-state index contributed by atoms with van der Waals surface area (Å²) in [6.07, 6.45) is 4.03. The molecular weight excluding hydrogens is 198 g/mol. The van der Waals surface area contributed by atoms with Crippen molar-refractivity contribution in [3.63, 3.8) is 0 Å². The summed E-state index contributed by atoms with van der Waals surface area (Å²) >= 11 is 0. The largest absolute Gasteiger partial charge is 0.494 e. The predicted octanol–water partition coefficient (Wildman–Crippen LogP) is 3.15. The summed E-state index contributed by atoms with van der Waals surface area (Å²) in [5.74, 6) is 1.94. The van der Waals surface area contributed by atoms with E-state index in [0.29, 0.717) is 6.04 Å². The minimum atomic E-state index is 0.403. The number of ether oxygens (including phenoxy) is 1. The lowest BCUT2D eigenvalue weighted by Gasteiger charge is -2.11. The van der Waals surface area contributed by atoms with Gasteiger partial charge in [-0.15, -0.1) is 0 Å². The summed E-state index contributed by atoms with van der Waals surface area (Å²) in [6, 6.07) is 8.80. The summed E-state index contributed by atoms with van der Waals surface area (Å²) in [5.41, 5.74) is 1.30. The molecule has 0 amide bonds. The number of hydrogen-bond acceptors (Lipinski definition) is 2. The molecule has 16 heavy (non-hydrogen) atoms. The molecular formula is C14H21NO. The quantitative estimate of drug-likeness (QED) is 0.793. The van der Waals surface area contributed by atoms with Gasteiger partial charge in [0.05, 0.1) is 6.61 Å². The third-order valence-corrected chi connectivity index (χ3v) is 3.30. The van der Waals surface area contributed by atoms with E-state index < -0.39 is 0 Å². The maximum Gasteiger partial charge on any atom is 0.119 e. The van der Waals surface area contributed by atoms with Crippen molar-refractivity contribution in [3.05, 3.63) is 29.8 Å². The van der Waals surface area contributed by atoms with Crippen molar-refractivity contribution < 1.29 is 4.74 Å². The average molecular weight is 219 g/mol. The molecule has 0 aromatic heterocycles. The van der Waals surface area contributed by atoms with Gasteiger partial charge >= 0.3 is 0 Å². The standard InChI is InChI=1S/C14H21NO/c1-11(15-2)13-5-7-14(8-6-13)16-10-9-12-3-4-12/h5-8,11-12,15H,3-4,9-10H2,1-2H3. The summed E-state index contributed by atoms with van der Waals surface area (Å²) in [7, 11) is 1.98. The Balaban J connectivity index is 1.80. The Morgan fingerprint density at radius 1 is 1.31 bits per heavy atom. The van der Waals surface area contributed by atoms with Gasteiger partial charge < -0.3 is 10.1 Å². The van der Waals surface area contributed by atoms with E-state index in [-0.39, 0.29) is 0 Å². The Morgan fingerprint density at radius 3 is 2.56 bits per heavy atom. The van der Waals surface area contributed by atoms with Gasteiger partial charge in [0.1, 0.15) is 5.75 Å². The lowest BCUT2D eigenvalue weighted by Crippen LogP contribution is -2.11. The molecule has 1 saturated carbocycles. The van der Waals surface area contributed by atoms with Crippen molar-refractivity contribution in [1.29, 1.82) is 0 Å². The molecule has 1 aliphatic carbocycles. The first-order chi connectivity index (χ1) is 7.79. The van der Waals surface area contributed by atoms with Gasteiger partial charge in [-0.05, 0) is 44.0 Å². The third kappa shape index (κ3) is 3.24. The Labute approximate surface area is 98.0 Å². The Morgan fingerprint density at radius 2 is 2.00 bits per heavy atom. The van der Waals surface area contributed by atoms with E-state index in [0.717, 1.165) is 18.3 Å². The van der Waals surface area contributed by atoms with E-state index in [1.54, 1.807) is 0 Å². The number of rotatable bonds is 6. The fourth-order valence-corrected chi connectivity index (χ4v) is 1.77. The Kier molecular flexibility index (Phi) is 3.83. The van der Waals surface area contributed by atoms with E-state index in [2.05, 4.69) is 36.5 Å². The molecule has 0 spiro atoms. The van der Waals surface area contributed by atoms with Crippen LogP contribution >= 0.6 is 0 Å². The Hall–Kier alpha value is -1.02. The van der Waals surface area contributed by atoms with Gasteiger partial charge in [-0.3, -0.25) is 0 Å². The van der Waals surface area contributed by atoms with Crippen LogP contribution in [0.4, 0.5) is 0 Å². The molecule has 2 nitrogen and oxygen atoms in total. The van der Waals surface area contributed by atoms with Crippen molar-refractivity contribution >= 4 is 0 Å². The van der Waals surface area contributed by atoms with E-state index in [9.17, 15) is 0 Å². The lowest BCUT2D eigenvalue weighted by molar-refractivity contribution is 0.302. The van der Waals surface area contributed by atoms with Gasteiger partial charge in [0, 0.05) is 6.04 Å². The van der Waals surface area contributed by atoms with Gasteiger partial charge in [-0.1, -0.05) is 25.0 Å². The van der Waals surface area contributed by atoms with Crippen LogP contribution in [-0.4, -0.2) is 13.7 Å². The van der Waals surface area contributed by atoms with Gasteiger partial charge in [0.25, 0.3) is 0 Å². The van der Waals surface area contributed by atoms with E-state index in [1.165, 1.54) is 24.8 Å². The highest BCUT2D eigenvalue weighted by Gasteiger charge is 2.20. The molecule has 1 aromatic carbocycles. The van der Waals surface area contributed by atoms with Crippen molar-refractivity contribution in [2.75, 3.05) is 13.7 Å². The number of nitrogens with one attached hydrogen (secondary N) is 1. The van der Waals surface area contributed by atoms with E-state index in [1.807, 2.05) is 7.05 Å². The smallest absolute Gasteiger partial charge is 0.119 e. The molecule has 1 unspecified atom stereocenters. The minimum Gasteiger partial charge on any atom is -0.494 e. The van der Waals surface area contributed by atoms with Crippen molar-refractivity contribution in [3.8, 4) is 5.75 Å². The average Bonchev–Trinajstić information content (AvgIpc) is 3.13. The second kappa shape index (κ2) is 5.35. The number of hydrogen-bond donors (Lipinski definition) is 1. The molecule has 1 aliphatic rings. The lowest BCUT2D eigenvalue weighted by atomic mass is 10.1. The zero-order valence-electron chi connectivity index (χ0n) is 10.2.